The van der Waals surface area contributed by atoms with Crippen LogP contribution in [0.2, 0.25) is 0 Å². The third-order valence-corrected chi connectivity index (χ3v) is 3.40. The number of nitro groups is 1. The van der Waals surface area contributed by atoms with Crippen molar-refractivity contribution in [2.45, 2.75) is 0 Å². The first-order valence-electron chi connectivity index (χ1n) is 5.57. The van der Waals surface area contributed by atoms with Gasteiger partial charge >= 0.3 is 11.7 Å². The SMILES string of the molecule is N#Cc1ccc(Oc2nc3sccn3c2[N+](=O)[O-])c(F)c1. The summed E-state index contributed by atoms with van der Waals surface area (Å²) in [5.41, 5.74) is 0.125. The summed E-state index contributed by atoms with van der Waals surface area (Å²) in [6, 6.07) is 5.35. The number of nitriles is 1. The number of thiazole rings is 1. The summed E-state index contributed by atoms with van der Waals surface area (Å²) in [4.78, 5) is 14.8. The molecular weight excluding hydrogens is 299 g/mol. The molecule has 2 heterocycles. The molecular formula is C12H5FN4O3S. The van der Waals surface area contributed by atoms with Gasteiger partial charge in [-0.2, -0.15) is 14.6 Å². The molecule has 0 bridgehead atoms. The van der Waals surface area contributed by atoms with E-state index in [1.54, 1.807) is 11.4 Å². The maximum Gasteiger partial charge on any atom is 0.393 e. The number of hydrogen-bond acceptors (Lipinski definition) is 6. The van der Waals surface area contributed by atoms with Crippen molar-refractivity contribution in [2.24, 2.45) is 0 Å². The summed E-state index contributed by atoms with van der Waals surface area (Å²) in [7, 11) is 0. The van der Waals surface area contributed by atoms with Gasteiger partial charge in [-0.3, -0.25) is 0 Å². The van der Waals surface area contributed by atoms with Gasteiger partial charge in [0.15, 0.2) is 11.6 Å². The quantitative estimate of drug-likeness (QED) is 0.547. The molecule has 0 amide bonds. The minimum absolute atomic E-state index is 0.125. The number of nitrogens with zero attached hydrogens (tertiary/aromatic N) is 4. The maximum absolute atomic E-state index is 13.8. The van der Waals surface area contributed by atoms with Crippen LogP contribution >= 0.6 is 11.3 Å². The molecule has 2 aromatic heterocycles. The smallest absolute Gasteiger partial charge is 0.393 e. The molecule has 0 saturated heterocycles. The Hall–Kier alpha value is -2.99. The lowest BCUT2D eigenvalue weighted by atomic mass is 10.2. The molecule has 7 nitrogen and oxygen atoms in total. The molecule has 0 fully saturated rings. The number of fused-ring (bicyclic) bond motifs is 1. The average molecular weight is 304 g/mol. The van der Waals surface area contributed by atoms with E-state index >= 15 is 0 Å². The lowest BCUT2D eigenvalue weighted by molar-refractivity contribution is -0.391. The van der Waals surface area contributed by atoms with E-state index in [0.29, 0.717) is 4.96 Å². The van der Waals surface area contributed by atoms with Crippen molar-refractivity contribution in [1.82, 2.24) is 9.38 Å². The Kier molecular flexibility index (Phi) is 3.00. The number of aromatic nitrogens is 2. The van der Waals surface area contributed by atoms with Gasteiger partial charge in [-0.15, -0.1) is 0 Å². The Morgan fingerprint density at radius 2 is 2.33 bits per heavy atom. The van der Waals surface area contributed by atoms with Crippen molar-refractivity contribution < 1.29 is 14.1 Å². The van der Waals surface area contributed by atoms with E-state index in [4.69, 9.17) is 10.00 Å². The number of ether oxygens (including phenoxy) is 1. The minimum Gasteiger partial charge on any atom is -0.429 e. The van der Waals surface area contributed by atoms with Gasteiger partial charge in [-0.25, -0.2) is 4.39 Å². The number of rotatable bonds is 3. The molecule has 21 heavy (non-hydrogen) atoms. The molecule has 0 aliphatic rings. The summed E-state index contributed by atoms with van der Waals surface area (Å²) in [5, 5.41) is 21.4. The second-order valence-electron chi connectivity index (χ2n) is 3.91. The van der Waals surface area contributed by atoms with E-state index in [-0.39, 0.29) is 23.0 Å². The highest BCUT2D eigenvalue weighted by atomic mass is 32.1. The highest BCUT2D eigenvalue weighted by Crippen LogP contribution is 2.34. The van der Waals surface area contributed by atoms with Crippen LogP contribution in [-0.4, -0.2) is 14.3 Å². The predicted molar refractivity (Wildman–Crippen MR) is 70.9 cm³/mol. The second-order valence-corrected chi connectivity index (χ2v) is 4.79. The van der Waals surface area contributed by atoms with E-state index < -0.39 is 10.7 Å². The van der Waals surface area contributed by atoms with E-state index in [1.165, 1.54) is 34.1 Å². The van der Waals surface area contributed by atoms with Crippen LogP contribution in [0, 0.1) is 27.3 Å². The minimum atomic E-state index is -0.792. The molecule has 0 aliphatic heterocycles. The summed E-state index contributed by atoms with van der Waals surface area (Å²) >= 11 is 1.19. The van der Waals surface area contributed by atoms with Crippen LogP contribution in [-0.2, 0) is 0 Å². The lowest BCUT2D eigenvalue weighted by Crippen LogP contribution is -1.96. The van der Waals surface area contributed by atoms with Crippen molar-refractivity contribution in [2.75, 3.05) is 0 Å². The maximum atomic E-state index is 13.8. The molecule has 1 aromatic carbocycles. The van der Waals surface area contributed by atoms with Crippen molar-refractivity contribution in [1.29, 1.82) is 5.26 Å². The summed E-state index contributed by atoms with van der Waals surface area (Å²) < 4.78 is 20.2. The van der Waals surface area contributed by atoms with E-state index in [2.05, 4.69) is 4.98 Å². The van der Waals surface area contributed by atoms with Crippen LogP contribution in [0.1, 0.15) is 5.56 Å². The van der Waals surface area contributed by atoms with Gasteiger partial charge in [0.2, 0.25) is 0 Å². The van der Waals surface area contributed by atoms with E-state index in [0.717, 1.165) is 6.07 Å². The fourth-order valence-corrected chi connectivity index (χ4v) is 2.45. The Morgan fingerprint density at radius 1 is 1.52 bits per heavy atom. The zero-order chi connectivity index (χ0) is 15.0. The van der Waals surface area contributed by atoms with E-state index in [1.807, 2.05) is 0 Å². The number of halogens is 1. The van der Waals surface area contributed by atoms with Gasteiger partial charge in [-0.05, 0) is 23.1 Å². The highest BCUT2D eigenvalue weighted by Gasteiger charge is 2.26. The fraction of sp³-hybridized carbons (Fsp3) is 0. The fourth-order valence-electron chi connectivity index (χ4n) is 1.75. The summed E-state index contributed by atoms with van der Waals surface area (Å²) in [6.07, 6.45) is 1.48. The monoisotopic (exact) mass is 304 g/mol. The van der Waals surface area contributed by atoms with Gasteiger partial charge in [0, 0.05) is 5.38 Å². The average Bonchev–Trinajstić information content (AvgIpc) is 3.00. The van der Waals surface area contributed by atoms with Crippen LogP contribution in [0.25, 0.3) is 4.96 Å². The second kappa shape index (κ2) is 4.84. The largest absolute Gasteiger partial charge is 0.429 e. The first-order valence-corrected chi connectivity index (χ1v) is 6.45. The summed E-state index contributed by atoms with van der Waals surface area (Å²) in [6.45, 7) is 0. The standard InChI is InChI=1S/C12H5FN4O3S/c13-8-5-7(6-14)1-2-9(8)20-10-11(17(18)19)16-3-4-21-12(16)15-10/h1-5H. The molecule has 104 valence electrons. The van der Waals surface area contributed by atoms with Crippen molar-refractivity contribution in [3.05, 3.63) is 51.3 Å². The third-order valence-electron chi connectivity index (χ3n) is 2.65. The summed E-state index contributed by atoms with van der Waals surface area (Å²) in [5.74, 6) is -1.70. The van der Waals surface area contributed by atoms with Crippen LogP contribution in [0.15, 0.2) is 29.8 Å². The van der Waals surface area contributed by atoms with Crippen molar-refractivity contribution >= 4 is 22.1 Å². The van der Waals surface area contributed by atoms with Gasteiger partial charge in [-0.1, -0.05) is 11.3 Å². The normalized spacial score (nSPS) is 10.5. The van der Waals surface area contributed by atoms with E-state index in [9.17, 15) is 14.5 Å². The van der Waals surface area contributed by atoms with Crippen LogP contribution in [0.5, 0.6) is 11.6 Å². The molecule has 0 aliphatic carbocycles. The van der Waals surface area contributed by atoms with Crippen LogP contribution in [0.4, 0.5) is 10.2 Å². The van der Waals surface area contributed by atoms with Crippen LogP contribution < -0.4 is 4.74 Å². The lowest BCUT2D eigenvalue weighted by Gasteiger charge is -2.03. The molecule has 0 N–H and O–H groups in total. The predicted octanol–water partition coefficient (Wildman–Crippen LogP) is 3.11. The Labute approximate surface area is 120 Å². The first-order chi connectivity index (χ1) is 10.1. The van der Waals surface area contributed by atoms with Gasteiger partial charge in [0.25, 0.3) is 4.96 Å². The molecule has 0 spiro atoms. The Balaban J connectivity index is 2.06. The van der Waals surface area contributed by atoms with Gasteiger partial charge in [0.05, 0.1) is 11.6 Å². The number of benzene rings is 1. The molecule has 3 rings (SSSR count). The van der Waals surface area contributed by atoms with Crippen molar-refractivity contribution in [3.8, 4) is 17.7 Å². The molecule has 0 saturated carbocycles. The molecule has 0 radical (unpaired) electrons. The molecule has 9 heteroatoms. The zero-order valence-electron chi connectivity index (χ0n) is 10.2. The van der Waals surface area contributed by atoms with Crippen molar-refractivity contribution in [3.63, 3.8) is 0 Å². The topological polar surface area (TPSA) is 93.5 Å². The first kappa shape index (κ1) is 13.0. The number of imidazole rings is 1. The van der Waals surface area contributed by atoms with Gasteiger partial charge in [0.1, 0.15) is 6.20 Å². The number of hydrogen-bond donors (Lipinski definition) is 0. The Morgan fingerprint density at radius 3 is 3.00 bits per heavy atom. The van der Waals surface area contributed by atoms with Gasteiger partial charge < -0.3 is 14.9 Å². The molecule has 0 unspecified atom stereocenters. The third kappa shape index (κ3) is 2.17. The van der Waals surface area contributed by atoms with Crippen LogP contribution in [0.3, 0.4) is 0 Å². The highest BCUT2D eigenvalue weighted by molar-refractivity contribution is 7.15. The molecule has 3 aromatic rings. The Bertz CT molecular complexity index is 896. The zero-order valence-corrected chi connectivity index (χ0v) is 11.0. The molecule has 0 atom stereocenters.